The van der Waals surface area contributed by atoms with E-state index in [9.17, 15) is 0 Å². The molecule has 0 spiro atoms. The Bertz CT molecular complexity index is 326. The van der Waals surface area contributed by atoms with Crippen molar-refractivity contribution in [1.82, 2.24) is 15.0 Å². The maximum atomic E-state index is 8.36. The molecular weight excluding hydrogens is 170 g/mol. The van der Waals surface area contributed by atoms with Gasteiger partial charge in [-0.15, -0.1) is 0 Å². The minimum absolute atomic E-state index is 0.250. The molecule has 0 unspecified atom stereocenters. The van der Waals surface area contributed by atoms with Gasteiger partial charge in [0.1, 0.15) is 6.33 Å². The van der Waals surface area contributed by atoms with Crippen LogP contribution in [0.15, 0.2) is 31.0 Å². The molecule has 0 aromatic carbocycles. The Kier molecular flexibility index (Phi) is 3.31. The van der Waals surface area contributed by atoms with Crippen molar-refractivity contribution in [1.29, 1.82) is 0 Å². The zero-order valence-corrected chi connectivity index (χ0v) is 6.66. The summed E-state index contributed by atoms with van der Waals surface area (Å²) < 4.78 is 0. The maximum absolute atomic E-state index is 8.36. The Balaban J connectivity index is 0.000000251. The lowest BCUT2D eigenvalue weighted by Gasteiger charge is -1.90. The number of fused-ring (bicyclic) bond motifs is 1. The van der Waals surface area contributed by atoms with Gasteiger partial charge < -0.3 is 5.11 Å². The van der Waals surface area contributed by atoms with Crippen LogP contribution in [0.2, 0.25) is 0 Å². The summed E-state index contributed by atoms with van der Waals surface area (Å²) in [6, 6.07) is 1.88. The highest BCUT2D eigenvalue weighted by molar-refractivity contribution is 5.75. The third-order valence-corrected chi connectivity index (χ3v) is 1.31. The van der Waals surface area contributed by atoms with E-state index in [1.165, 1.54) is 6.33 Å². The molecule has 0 fully saturated rings. The molecule has 2 aromatic rings. The van der Waals surface area contributed by atoms with Gasteiger partial charge in [0.05, 0.1) is 11.7 Å². The second-order valence-corrected chi connectivity index (χ2v) is 2.06. The first-order valence-corrected chi connectivity index (χ1v) is 3.46. The van der Waals surface area contributed by atoms with Crippen LogP contribution in [-0.2, 0) is 4.79 Å². The first kappa shape index (κ1) is 9.05. The van der Waals surface area contributed by atoms with Crippen molar-refractivity contribution in [3.8, 4) is 0 Å². The number of carbonyl (C=O) groups is 1. The lowest BCUT2D eigenvalue weighted by molar-refractivity contribution is -0.122. The predicted molar refractivity (Wildman–Crippen MR) is 46.0 cm³/mol. The van der Waals surface area contributed by atoms with Gasteiger partial charge in [-0.25, -0.2) is 9.97 Å². The van der Waals surface area contributed by atoms with E-state index in [0.717, 1.165) is 10.9 Å². The van der Waals surface area contributed by atoms with Crippen LogP contribution in [0.3, 0.4) is 0 Å². The third kappa shape index (κ3) is 2.48. The van der Waals surface area contributed by atoms with E-state index < -0.39 is 0 Å². The number of carboxylic acid groups (broad SMARTS) is 1. The van der Waals surface area contributed by atoms with E-state index in [0.29, 0.717) is 0 Å². The average Bonchev–Trinajstić information content (AvgIpc) is 2.19. The maximum Gasteiger partial charge on any atom is 0.290 e. The summed E-state index contributed by atoms with van der Waals surface area (Å²) >= 11 is 0. The van der Waals surface area contributed by atoms with Crippen molar-refractivity contribution < 1.29 is 9.90 Å². The van der Waals surface area contributed by atoms with Crippen LogP contribution in [-0.4, -0.2) is 26.5 Å². The van der Waals surface area contributed by atoms with Gasteiger partial charge in [-0.05, 0) is 6.07 Å². The Labute approximate surface area is 74.1 Å². The number of pyridine rings is 1. The molecule has 0 saturated heterocycles. The molecule has 2 rings (SSSR count). The fraction of sp³-hybridized carbons (Fsp3) is 0. The van der Waals surface area contributed by atoms with Crippen molar-refractivity contribution in [2.45, 2.75) is 0 Å². The molecule has 0 atom stereocenters. The molecule has 0 bridgehead atoms. The van der Waals surface area contributed by atoms with Crippen molar-refractivity contribution in [3.05, 3.63) is 31.0 Å². The van der Waals surface area contributed by atoms with Gasteiger partial charge in [-0.1, -0.05) is 0 Å². The Morgan fingerprint density at radius 1 is 1.31 bits per heavy atom. The number of nitrogens with zero attached hydrogens (tertiary/aromatic N) is 3. The summed E-state index contributed by atoms with van der Waals surface area (Å²) in [6.07, 6.45) is 6.73. The van der Waals surface area contributed by atoms with Crippen LogP contribution in [0, 0.1) is 0 Å². The molecule has 0 amide bonds. The molecule has 1 N–H and O–H groups in total. The number of aromatic nitrogens is 3. The van der Waals surface area contributed by atoms with Gasteiger partial charge in [0.15, 0.2) is 0 Å². The zero-order valence-electron chi connectivity index (χ0n) is 6.66. The molecule has 0 aliphatic heterocycles. The van der Waals surface area contributed by atoms with Crippen molar-refractivity contribution >= 4 is 17.4 Å². The fourth-order valence-corrected chi connectivity index (χ4v) is 0.823. The summed E-state index contributed by atoms with van der Waals surface area (Å²) in [7, 11) is 0. The Morgan fingerprint density at radius 2 is 2.08 bits per heavy atom. The smallest absolute Gasteiger partial charge is 0.290 e. The summed E-state index contributed by atoms with van der Waals surface area (Å²) in [5.41, 5.74) is 0.887. The first-order valence-electron chi connectivity index (χ1n) is 3.46. The van der Waals surface area contributed by atoms with Gasteiger partial charge in [-0.3, -0.25) is 9.78 Å². The number of hydrogen-bond acceptors (Lipinski definition) is 4. The minimum Gasteiger partial charge on any atom is -0.483 e. The molecule has 0 radical (unpaired) electrons. The molecule has 5 heteroatoms. The van der Waals surface area contributed by atoms with E-state index in [-0.39, 0.29) is 6.47 Å². The molecule has 0 saturated carbocycles. The first-order chi connectivity index (χ1) is 6.38. The Hall–Kier alpha value is -2.04. The van der Waals surface area contributed by atoms with Crippen molar-refractivity contribution in [2.24, 2.45) is 0 Å². The molecule has 2 heterocycles. The van der Waals surface area contributed by atoms with Crippen molar-refractivity contribution in [3.63, 3.8) is 0 Å². The van der Waals surface area contributed by atoms with Crippen LogP contribution in [0.25, 0.3) is 10.9 Å². The monoisotopic (exact) mass is 177 g/mol. The molecule has 13 heavy (non-hydrogen) atoms. The predicted octanol–water partition coefficient (Wildman–Crippen LogP) is 0.726. The quantitative estimate of drug-likeness (QED) is 0.600. The number of hydrogen-bond donors (Lipinski definition) is 1. The van der Waals surface area contributed by atoms with Gasteiger partial charge in [-0.2, -0.15) is 0 Å². The number of rotatable bonds is 0. The summed E-state index contributed by atoms with van der Waals surface area (Å²) in [4.78, 5) is 20.2. The van der Waals surface area contributed by atoms with E-state index in [1.54, 1.807) is 18.6 Å². The van der Waals surface area contributed by atoms with Gasteiger partial charge >= 0.3 is 0 Å². The topological polar surface area (TPSA) is 76.0 Å². The molecule has 5 nitrogen and oxygen atoms in total. The second-order valence-electron chi connectivity index (χ2n) is 2.06. The summed E-state index contributed by atoms with van der Waals surface area (Å²) in [5.74, 6) is 0. The summed E-state index contributed by atoms with van der Waals surface area (Å²) in [6.45, 7) is -0.250. The van der Waals surface area contributed by atoms with E-state index >= 15 is 0 Å². The van der Waals surface area contributed by atoms with Crippen LogP contribution >= 0.6 is 0 Å². The highest BCUT2D eigenvalue weighted by Gasteiger charge is 1.88. The second kappa shape index (κ2) is 4.76. The van der Waals surface area contributed by atoms with Crippen LogP contribution in [0.4, 0.5) is 0 Å². The minimum atomic E-state index is -0.250. The molecule has 2 aromatic heterocycles. The normalized spacial score (nSPS) is 8.62. The highest BCUT2D eigenvalue weighted by atomic mass is 16.3. The van der Waals surface area contributed by atoms with Gasteiger partial charge in [0.25, 0.3) is 6.47 Å². The van der Waals surface area contributed by atoms with Gasteiger partial charge in [0.2, 0.25) is 0 Å². The molecule has 0 aliphatic carbocycles. The largest absolute Gasteiger partial charge is 0.483 e. The third-order valence-electron chi connectivity index (χ3n) is 1.31. The lowest BCUT2D eigenvalue weighted by atomic mass is 10.3. The zero-order chi connectivity index (χ0) is 9.52. The lowest BCUT2D eigenvalue weighted by Crippen LogP contribution is -1.80. The average molecular weight is 177 g/mol. The highest BCUT2D eigenvalue weighted by Crippen LogP contribution is 2.04. The van der Waals surface area contributed by atoms with Crippen LogP contribution in [0.5, 0.6) is 0 Å². The van der Waals surface area contributed by atoms with E-state index in [2.05, 4.69) is 15.0 Å². The van der Waals surface area contributed by atoms with Crippen LogP contribution < -0.4 is 0 Å². The summed E-state index contributed by atoms with van der Waals surface area (Å²) in [5, 5.41) is 7.91. The standard InChI is InChI=1S/C7H5N3.CH2O2/c1-2-8-4-7-6(1)3-9-5-10-7;2-1-3/h1-5H;1H,(H,2,3). The van der Waals surface area contributed by atoms with Crippen molar-refractivity contribution in [2.75, 3.05) is 0 Å². The van der Waals surface area contributed by atoms with Gasteiger partial charge in [0, 0.05) is 17.8 Å². The molecule has 66 valence electrons. The van der Waals surface area contributed by atoms with E-state index in [4.69, 9.17) is 9.90 Å². The SMILES string of the molecule is O=CO.c1cc2cncnc2cn1. The van der Waals surface area contributed by atoms with Crippen LogP contribution in [0.1, 0.15) is 0 Å². The fourth-order valence-electron chi connectivity index (χ4n) is 0.823. The van der Waals surface area contributed by atoms with E-state index in [1.807, 2.05) is 6.07 Å². The Morgan fingerprint density at radius 3 is 2.77 bits per heavy atom. The molecular formula is C8H7N3O2. The molecule has 0 aliphatic rings.